The van der Waals surface area contributed by atoms with E-state index in [9.17, 15) is 4.57 Å². The van der Waals surface area contributed by atoms with Crippen LogP contribution in [0.3, 0.4) is 0 Å². The fraction of sp³-hybridized carbons (Fsp3) is 0.600. The van der Waals surface area contributed by atoms with E-state index in [4.69, 9.17) is 4.52 Å². The van der Waals surface area contributed by atoms with Gasteiger partial charge in [-0.15, -0.1) is 0 Å². The molecule has 0 radical (unpaired) electrons. The smallest absolute Gasteiger partial charge is 0.224 e. The average molecular weight is 132 g/mol. The maximum absolute atomic E-state index is 11.0. The summed E-state index contributed by atoms with van der Waals surface area (Å²) in [5.41, 5.74) is 0. The highest BCUT2D eigenvalue weighted by Gasteiger charge is 2.23. The summed E-state index contributed by atoms with van der Waals surface area (Å²) in [4.78, 5) is 0. The fourth-order valence-electron chi connectivity index (χ4n) is 0.713. The van der Waals surface area contributed by atoms with Crippen LogP contribution in [0.25, 0.3) is 0 Å². The lowest BCUT2D eigenvalue weighted by Gasteiger charge is -1.99. The van der Waals surface area contributed by atoms with Gasteiger partial charge in [-0.2, -0.15) is 0 Å². The summed E-state index contributed by atoms with van der Waals surface area (Å²) in [5, 5.41) is 0. The standard InChI is InChI=1S/C5H9O2P/c1-2-8(6)5-3-4-7-8/h2H,1,3-5H2. The van der Waals surface area contributed by atoms with Crippen molar-refractivity contribution < 1.29 is 9.09 Å². The minimum Gasteiger partial charge on any atom is -0.326 e. The first-order valence-electron chi connectivity index (χ1n) is 2.64. The molecule has 0 aromatic heterocycles. The summed E-state index contributed by atoms with van der Waals surface area (Å²) in [5.74, 6) is 1.44. The molecule has 1 unspecified atom stereocenters. The van der Waals surface area contributed by atoms with Crippen LogP contribution in [-0.2, 0) is 9.09 Å². The zero-order valence-electron chi connectivity index (χ0n) is 4.67. The van der Waals surface area contributed by atoms with Crippen LogP contribution in [0.4, 0.5) is 0 Å². The van der Waals surface area contributed by atoms with E-state index in [1.54, 1.807) is 0 Å². The lowest BCUT2D eigenvalue weighted by molar-refractivity contribution is 0.356. The van der Waals surface area contributed by atoms with Crippen molar-refractivity contribution >= 4 is 7.37 Å². The van der Waals surface area contributed by atoms with Gasteiger partial charge >= 0.3 is 0 Å². The van der Waals surface area contributed by atoms with Gasteiger partial charge in [0.2, 0.25) is 7.37 Å². The van der Waals surface area contributed by atoms with E-state index < -0.39 is 7.37 Å². The Hall–Kier alpha value is -0.0700. The summed E-state index contributed by atoms with van der Waals surface area (Å²) in [6, 6.07) is 0. The largest absolute Gasteiger partial charge is 0.326 e. The Morgan fingerprint density at radius 2 is 2.50 bits per heavy atom. The molecule has 1 heterocycles. The van der Waals surface area contributed by atoms with E-state index in [1.165, 1.54) is 5.82 Å². The van der Waals surface area contributed by atoms with Crippen LogP contribution < -0.4 is 0 Å². The van der Waals surface area contributed by atoms with E-state index in [0.717, 1.165) is 6.42 Å². The molecule has 0 amide bonds. The second-order valence-electron chi connectivity index (χ2n) is 1.82. The predicted molar refractivity (Wildman–Crippen MR) is 33.2 cm³/mol. The first kappa shape index (κ1) is 6.06. The molecule has 0 aromatic carbocycles. The molecule has 0 saturated carbocycles. The van der Waals surface area contributed by atoms with Crippen molar-refractivity contribution in [3.63, 3.8) is 0 Å². The first-order valence-corrected chi connectivity index (χ1v) is 4.52. The van der Waals surface area contributed by atoms with Crippen LogP contribution in [0.5, 0.6) is 0 Å². The highest BCUT2D eigenvalue weighted by Crippen LogP contribution is 2.52. The van der Waals surface area contributed by atoms with Crippen molar-refractivity contribution in [2.24, 2.45) is 0 Å². The molecule has 3 heteroatoms. The van der Waals surface area contributed by atoms with Gasteiger partial charge in [0, 0.05) is 6.16 Å². The van der Waals surface area contributed by atoms with Gasteiger partial charge in [-0.1, -0.05) is 6.58 Å². The molecule has 2 nitrogen and oxygen atoms in total. The molecular formula is C5H9O2P. The highest BCUT2D eigenvalue weighted by molar-refractivity contribution is 7.62. The Bertz CT molecular complexity index is 131. The summed E-state index contributed by atoms with van der Waals surface area (Å²) >= 11 is 0. The Morgan fingerprint density at radius 1 is 1.75 bits per heavy atom. The van der Waals surface area contributed by atoms with Gasteiger partial charge in [0.25, 0.3) is 0 Å². The zero-order valence-corrected chi connectivity index (χ0v) is 5.56. The monoisotopic (exact) mass is 132 g/mol. The molecule has 0 N–H and O–H groups in total. The van der Waals surface area contributed by atoms with Crippen molar-refractivity contribution in [3.05, 3.63) is 12.4 Å². The quantitative estimate of drug-likeness (QED) is 0.509. The summed E-state index contributed by atoms with van der Waals surface area (Å²) in [7, 11) is -2.29. The lowest BCUT2D eigenvalue weighted by Crippen LogP contribution is -1.72. The Kier molecular flexibility index (Phi) is 1.54. The maximum atomic E-state index is 11.0. The minimum atomic E-state index is -2.29. The second-order valence-corrected chi connectivity index (χ2v) is 4.34. The molecule has 1 atom stereocenters. The zero-order chi connectivity index (χ0) is 6.04. The molecule has 1 fully saturated rings. The molecule has 1 aliphatic rings. The van der Waals surface area contributed by atoms with Gasteiger partial charge < -0.3 is 4.52 Å². The first-order chi connectivity index (χ1) is 3.77. The van der Waals surface area contributed by atoms with Crippen LogP contribution >= 0.6 is 7.37 Å². The lowest BCUT2D eigenvalue weighted by atomic mass is 10.5. The third-order valence-electron chi connectivity index (χ3n) is 1.20. The molecule has 0 aromatic rings. The van der Waals surface area contributed by atoms with Gasteiger partial charge in [0.05, 0.1) is 6.61 Å². The summed E-state index contributed by atoms with van der Waals surface area (Å²) in [6.45, 7) is 4.07. The summed E-state index contributed by atoms with van der Waals surface area (Å²) in [6.07, 6.45) is 1.61. The van der Waals surface area contributed by atoms with Crippen molar-refractivity contribution in [1.29, 1.82) is 0 Å². The van der Waals surface area contributed by atoms with Crippen LogP contribution in [0, 0.1) is 0 Å². The van der Waals surface area contributed by atoms with Crippen LogP contribution in [0.2, 0.25) is 0 Å². The Balaban J connectivity index is 2.66. The molecule has 1 rings (SSSR count). The third-order valence-corrected chi connectivity index (χ3v) is 3.32. The van der Waals surface area contributed by atoms with Crippen molar-refractivity contribution in [2.75, 3.05) is 12.8 Å². The van der Waals surface area contributed by atoms with Gasteiger partial charge in [-0.25, -0.2) is 0 Å². The fourth-order valence-corrected chi connectivity index (χ4v) is 2.14. The van der Waals surface area contributed by atoms with Crippen LogP contribution in [0.15, 0.2) is 12.4 Å². The van der Waals surface area contributed by atoms with E-state index in [-0.39, 0.29) is 0 Å². The molecule has 1 aliphatic heterocycles. The van der Waals surface area contributed by atoms with Crippen molar-refractivity contribution in [2.45, 2.75) is 6.42 Å². The van der Waals surface area contributed by atoms with Gasteiger partial charge in [-0.05, 0) is 12.2 Å². The van der Waals surface area contributed by atoms with Crippen LogP contribution in [0.1, 0.15) is 6.42 Å². The van der Waals surface area contributed by atoms with Gasteiger partial charge in [0.1, 0.15) is 0 Å². The summed E-state index contributed by atoms with van der Waals surface area (Å²) < 4.78 is 16.0. The van der Waals surface area contributed by atoms with E-state index >= 15 is 0 Å². The molecule has 1 saturated heterocycles. The normalized spacial score (nSPS) is 37.5. The Labute approximate surface area is 49.0 Å². The number of hydrogen-bond acceptors (Lipinski definition) is 2. The maximum Gasteiger partial charge on any atom is 0.224 e. The molecule has 0 aliphatic carbocycles. The predicted octanol–water partition coefficient (Wildman–Crippen LogP) is 1.83. The molecule has 8 heavy (non-hydrogen) atoms. The number of hydrogen-bond donors (Lipinski definition) is 0. The van der Waals surface area contributed by atoms with E-state index in [1.807, 2.05) is 0 Å². The molecule has 46 valence electrons. The topological polar surface area (TPSA) is 26.3 Å². The molecular weight excluding hydrogens is 123 g/mol. The van der Waals surface area contributed by atoms with Crippen molar-refractivity contribution in [3.8, 4) is 0 Å². The minimum absolute atomic E-state index is 0.642. The van der Waals surface area contributed by atoms with Gasteiger partial charge in [0.15, 0.2) is 0 Å². The van der Waals surface area contributed by atoms with Gasteiger partial charge in [-0.3, -0.25) is 4.57 Å². The highest BCUT2D eigenvalue weighted by atomic mass is 31.2. The average Bonchev–Trinajstić information content (AvgIpc) is 2.17. The van der Waals surface area contributed by atoms with Crippen molar-refractivity contribution in [1.82, 2.24) is 0 Å². The number of rotatable bonds is 1. The molecule has 0 bridgehead atoms. The van der Waals surface area contributed by atoms with Crippen LogP contribution in [-0.4, -0.2) is 12.8 Å². The Morgan fingerprint density at radius 3 is 2.75 bits per heavy atom. The van der Waals surface area contributed by atoms with E-state index in [2.05, 4.69) is 6.58 Å². The molecule has 0 spiro atoms. The SMILES string of the molecule is C=CP1(=O)CCCO1. The van der Waals surface area contributed by atoms with E-state index in [0.29, 0.717) is 12.8 Å². The second kappa shape index (κ2) is 2.04. The third kappa shape index (κ3) is 1.01.